The van der Waals surface area contributed by atoms with Crippen LogP contribution in [0.2, 0.25) is 0 Å². The SMILES string of the molecule is Cc1nc2ccccc2nc1-c1nc2ccccc2[nH]1. The number of H-pyrrole nitrogens is 1. The van der Waals surface area contributed by atoms with Crippen LogP contribution in [-0.2, 0) is 0 Å². The van der Waals surface area contributed by atoms with Gasteiger partial charge in [-0.05, 0) is 31.2 Å². The number of fused-ring (bicyclic) bond motifs is 2. The fourth-order valence-electron chi connectivity index (χ4n) is 2.38. The monoisotopic (exact) mass is 260 g/mol. The smallest absolute Gasteiger partial charge is 0.159 e. The summed E-state index contributed by atoms with van der Waals surface area (Å²) in [6.07, 6.45) is 0. The minimum absolute atomic E-state index is 0.766. The topological polar surface area (TPSA) is 54.5 Å². The molecule has 0 radical (unpaired) electrons. The van der Waals surface area contributed by atoms with E-state index in [2.05, 4.69) is 19.9 Å². The van der Waals surface area contributed by atoms with E-state index in [1.807, 2.05) is 55.5 Å². The number of hydrogen-bond acceptors (Lipinski definition) is 3. The lowest BCUT2D eigenvalue weighted by atomic mass is 10.2. The highest BCUT2D eigenvalue weighted by Crippen LogP contribution is 2.22. The molecule has 0 atom stereocenters. The Kier molecular flexibility index (Phi) is 2.29. The largest absolute Gasteiger partial charge is 0.337 e. The van der Waals surface area contributed by atoms with E-state index in [9.17, 15) is 0 Å². The summed E-state index contributed by atoms with van der Waals surface area (Å²) < 4.78 is 0. The molecule has 0 unspecified atom stereocenters. The molecule has 0 spiro atoms. The Morgan fingerprint density at radius 3 is 2.15 bits per heavy atom. The second kappa shape index (κ2) is 4.13. The maximum Gasteiger partial charge on any atom is 0.159 e. The first kappa shape index (κ1) is 11.1. The summed E-state index contributed by atoms with van der Waals surface area (Å²) in [5, 5.41) is 0. The van der Waals surface area contributed by atoms with Gasteiger partial charge in [0.2, 0.25) is 0 Å². The maximum absolute atomic E-state index is 4.68. The number of aryl methyl sites for hydroxylation is 1. The predicted molar refractivity (Wildman–Crippen MR) is 79.4 cm³/mol. The third-order valence-electron chi connectivity index (χ3n) is 3.36. The second-order valence-electron chi connectivity index (χ2n) is 4.75. The van der Waals surface area contributed by atoms with Crippen molar-refractivity contribution in [1.29, 1.82) is 0 Å². The number of para-hydroxylation sites is 4. The van der Waals surface area contributed by atoms with Crippen molar-refractivity contribution in [3.05, 3.63) is 54.2 Å². The third kappa shape index (κ3) is 1.66. The van der Waals surface area contributed by atoms with Crippen LogP contribution in [0, 0.1) is 6.92 Å². The molecule has 0 aliphatic rings. The Bertz CT molecular complexity index is 891. The lowest BCUT2D eigenvalue weighted by Crippen LogP contribution is -1.95. The van der Waals surface area contributed by atoms with Gasteiger partial charge in [-0.1, -0.05) is 24.3 Å². The van der Waals surface area contributed by atoms with Crippen molar-refractivity contribution in [2.24, 2.45) is 0 Å². The second-order valence-corrected chi connectivity index (χ2v) is 4.75. The van der Waals surface area contributed by atoms with Crippen LogP contribution < -0.4 is 0 Å². The molecule has 0 aliphatic carbocycles. The molecule has 0 bridgehead atoms. The van der Waals surface area contributed by atoms with Gasteiger partial charge >= 0.3 is 0 Å². The van der Waals surface area contributed by atoms with E-state index in [1.165, 1.54) is 0 Å². The molecule has 0 aliphatic heterocycles. The van der Waals surface area contributed by atoms with Gasteiger partial charge in [-0.3, -0.25) is 0 Å². The molecule has 4 heteroatoms. The van der Waals surface area contributed by atoms with Crippen LogP contribution in [0.3, 0.4) is 0 Å². The zero-order valence-corrected chi connectivity index (χ0v) is 11.0. The number of nitrogens with zero attached hydrogens (tertiary/aromatic N) is 3. The van der Waals surface area contributed by atoms with Crippen molar-refractivity contribution in [1.82, 2.24) is 19.9 Å². The van der Waals surface area contributed by atoms with Gasteiger partial charge < -0.3 is 4.98 Å². The molecule has 96 valence electrons. The Labute approximate surface area is 115 Å². The summed E-state index contributed by atoms with van der Waals surface area (Å²) >= 11 is 0. The zero-order valence-electron chi connectivity index (χ0n) is 11.0. The first-order valence-corrected chi connectivity index (χ1v) is 6.50. The molecule has 4 aromatic rings. The highest BCUT2D eigenvalue weighted by molar-refractivity contribution is 5.81. The van der Waals surface area contributed by atoms with Gasteiger partial charge in [0.15, 0.2) is 5.82 Å². The number of nitrogens with one attached hydrogen (secondary N) is 1. The fourth-order valence-corrected chi connectivity index (χ4v) is 2.38. The molecular weight excluding hydrogens is 248 g/mol. The standard InChI is InChI=1S/C16H12N4/c1-10-15(18-12-7-3-2-6-11(12)17-10)16-19-13-8-4-5-9-14(13)20-16/h2-9H,1H3,(H,19,20). The average molecular weight is 260 g/mol. The van der Waals surface area contributed by atoms with Crippen molar-refractivity contribution in [3.8, 4) is 11.5 Å². The van der Waals surface area contributed by atoms with Gasteiger partial charge in [-0.25, -0.2) is 15.0 Å². The van der Waals surface area contributed by atoms with Gasteiger partial charge in [0.1, 0.15) is 5.69 Å². The lowest BCUT2D eigenvalue weighted by molar-refractivity contribution is 1.15. The summed E-state index contributed by atoms with van der Waals surface area (Å²) in [7, 11) is 0. The van der Waals surface area contributed by atoms with Crippen molar-refractivity contribution < 1.29 is 0 Å². The average Bonchev–Trinajstić information content (AvgIpc) is 2.90. The number of hydrogen-bond donors (Lipinski definition) is 1. The summed E-state index contributed by atoms with van der Waals surface area (Å²) in [5.74, 6) is 0.766. The lowest BCUT2D eigenvalue weighted by Gasteiger charge is -2.03. The van der Waals surface area contributed by atoms with E-state index in [1.54, 1.807) is 0 Å². The molecule has 0 fully saturated rings. The Morgan fingerprint density at radius 2 is 1.40 bits per heavy atom. The molecule has 1 N–H and O–H groups in total. The van der Waals surface area contributed by atoms with E-state index in [0.29, 0.717) is 0 Å². The van der Waals surface area contributed by atoms with Crippen LogP contribution in [-0.4, -0.2) is 19.9 Å². The Balaban J connectivity index is 1.98. The van der Waals surface area contributed by atoms with Crippen LogP contribution in [0.5, 0.6) is 0 Å². The van der Waals surface area contributed by atoms with Crippen LogP contribution in [0.1, 0.15) is 5.69 Å². The van der Waals surface area contributed by atoms with Gasteiger partial charge in [0, 0.05) is 0 Å². The van der Waals surface area contributed by atoms with E-state index in [0.717, 1.165) is 39.3 Å². The minimum Gasteiger partial charge on any atom is -0.337 e. The first-order valence-electron chi connectivity index (χ1n) is 6.50. The number of imidazole rings is 1. The molecule has 2 aromatic carbocycles. The third-order valence-corrected chi connectivity index (χ3v) is 3.36. The Morgan fingerprint density at radius 1 is 0.750 bits per heavy atom. The summed E-state index contributed by atoms with van der Waals surface area (Å²) in [4.78, 5) is 17.2. The zero-order chi connectivity index (χ0) is 13.5. The summed E-state index contributed by atoms with van der Waals surface area (Å²) in [6, 6.07) is 15.8. The number of aromatic amines is 1. The van der Waals surface area contributed by atoms with E-state index < -0.39 is 0 Å². The van der Waals surface area contributed by atoms with Crippen LogP contribution in [0.4, 0.5) is 0 Å². The van der Waals surface area contributed by atoms with Gasteiger partial charge in [0.05, 0.1) is 27.8 Å². The normalized spacial score (nSPS) is 11.2. The van der Waals surface area contributed by atoms with Crippen LogP contribution in [0.25, 0.3) is 33.6 Å². The van der Waals surface area contributed by atoms with Crippen LogP contribution in [0.15, 0.2) is 48.5 Å². The van der Waals surface area contributed by atoms with E-state index in [4.69, 9.17) is 0 Å². The number of benzene rings is 2. The molecular formula is C16H12N4. The van der Waals surface area contributed by atoms with Crippen molar-refractivity contribution in [2.45, 2.75) is 6.92 Å². The molecule has 2 aromatic heterocycles. The Hall–Kier alpha value is -2.75. The van der Waals surface area contributed by atoms with Gasteiger partial charge in [-0.15, -0.1) is 0 Å². The van der Waals surface area contributed by atoms with Gasteiger partial charge in [-0.2, -0.15) is 0 Å². The molecule has 20 heavy (non-hydrogen) atoms. The molecule has 0 saturated carbocycles. The minimum atomic E-state index is 0.766. The highest BCUT2D eigenvalue weighted by atomic mass is 15.0. The fraction of sp³-hybridized carbons (Fsp3) is 0.0625. The predicted octanol–water partition coefficient (Wildman–Crippen LogP) is 3.48. The number of rotatable bonds is 1. The van der Waals surface area contributed by atoms with E-state index >= 15 is 0 Å². The van der Waals surface area contributed by atoms with Crippen molar-refractivity contribution in [2.75, 3.05) is 0 Å². The molecule has 0 amide bonds. The maximum atomic E-state index is 4.68. The van der Waals surface area contributed by atoms with Crippen LogP contribution >= 0.6 is 0 Å². The molecule has 4 nitrogen and oxygen atoms in total. The van der Waals surface area contributed by atoms with Gasteiger partial charge in [0.25, 0.3) is 0 Å². The van der Waals surface area contributed by atoms with Crippen molar-refractivity contribution in [3.63, 3.8) is 0 Å². The highest BCUT2D eigenvalue weighted by Gasteiger charge is 2.11. The quantitative estimate of drug-likeness (QED) is 0.570. The first-order chi connectivity index (χ1) is 9.81. The number of aromatic nitrogens is 4. The summed E-state index contributed by atoms with van der Waals surface area (Å²) in [6.45, 7) is 1.96. The molecule has 2 heterocycles. The van der Waals surface area contributed by atoms with Crippen molar-refractivity contribution >= 4 is 22.1 Å². The summed E-state index contributed by atoms with van der Waals surface area (Å²) in [5.41, 5.74) is 5.43. The van der Waals surface area contributed by atoms with E-state index in [-0.39, 0.29) is 0 Å². The molecule has 4 rings (SSSR count). The molecule has 0 saturated heterocycles.